The van der Waals surface area contributed by atoms with Crippen LogP contribution in [0, 0.1) is 11.6 Å². The summed E-state index contributed by atoms with van der Waals surface area (Å²) in [4.78, 5) is 16.5. The van der Waals surface area contributed by atoms with E-state index in [1.807, 2.05) is 31.3 Å². The molecule has 0 radical (unpaired) electrons. The van der Waals surface area contributed by atoms with Gasteiger partial charge in [0.05, 0.1) is 18.6 Å². The van der Waals surface area contributed by atoms with Gasteiger partial charge in [-0.1, -0.05) is 11.8 Å². The summed E-state index contributed by atoms with van der Waals surface area (Å²) in [6.45, 7) is 0. The first-order valence-electron chi connectivity index (χ1n) is 9.32. The lowest BCUT2D eigenvalue weighted by Gasteiger charge is -2.05. The number of benzene rings is 2. The molecule has 2 heterocycles. The standard InChI is InChI=1S/C21H17F2N5O2S2/c1-28-19(12-3-6-14(30-2)7-4-12)26-27-21(28)32-11-18(29)25-20-24-17(10-31-20)15-9-13(22)5-8-16(15)23/h3-10H,11H2,1-2H3,(H,24,25,29). The van der Waals surface area contributed by atoms with Gasteiger partial charge in [-0.05, 0) is 42.5 Å². The number of hydrogen-bond donors (Lipinski definition) is 1. The highest BCUT2D eigenvalue weighted by Gasteiger charge is 2.15. The van der Waals surface area contributed by atoms with Crippen molar-refractivity contribution in [2.75, 3.05) is 18.2 Å². The minimum Gasteiger partial charge on any atom is -0.497 e. The Morgan fingerprint density at radius 2 is 1.97 bits per heavy atom. The lowest BCUT2D eigenvalue weighted by atomic mass is 10.1. The molecule has 0 spiro atoms. The molecule has 0 unspecified atom stereocenters. The summed E-state index contributed by atoms with van der Waals surface area (Å²) in [6, 6.07) is 10.6. The van der Waals surface area contributed by atoms with Crippen molar-refractivity contribution in [3.63, 3.8) is 0 Å². The normalized spacial score (nSPS) is 10.9. The number of carbonyl (C=O) groups is 1. The van der Waals surface area contributed by atoms with E-state index in [0.29, 0.717) is 16.1 Å². The Hall–Kier alpha value is -3.31. The smallest absolute Gasteiger partial charge is 0.236 e. The zero-order valence-corrected chi connectivity index (χ0v) is 18.6. The van der Waals surface area contributed by atoms with Crippen LogP contribution in [0.2, 0.25) is 0 Å². The summed E-state index contributed by atoms with van der Waals surface area (Å²) in [5.74, 6) is 0.0429. The number of nitrogens with zero attached hydrogens (tertiary/aromatic N) is 4. The highest BCUT2D eigenvalue weighted by atomic mass is 32.2. The molecule has 1 amide bonds. The molecule has 0 atom stereocenters. The van der Waals surface area contributed by atoms with E-state index in [4.69, 9.17) is 4.74 Å². The van der Waals surface area contributed by atoms with Crippen LogP contribution in [0.25, 0.3) is 22.6 Å². The summed E-state index contributed by atoms with van der Waals surface area (Å²) in [7, 11) is 3.42. The number of amides is 1. The number of anilines is 1. The third-order valence-electron chi connectivity index (χ3n) is 4.47. The predicted octanol–water partition coefficient (Wildman–Crippen LogP) is 4.62. The van der Waals surface area contributed by atoms with E-state index in [-0.39, 0.29) is 22.9 Å². The Morgan fingerprint density at radius 1 is 1.19 bits per heavy atom. The van der Waals surface area contributed by atoms with E-state index >= 15 is 0 Å². The van der Waals surface area contributed by atoms with Gasteiger partial charge in [0.15, 0.2) is 16.1 Å². The molecule has 4 rings (SSSR count). The summed E-state index contributed by atoms with van der Waals surface area (Å²) >= 11 is 2.36. The van der Waals surface area contributed by atoms with Crippen LogP contribution in [0.3, 0.4) is 0 Å². The third-order valence-corrected chi connectivity index (χ3v) is 6.25. The van der Waals surface area contributed by atoms with Gasteiger partial charge in [-0.3, -0.25) is 4.79 Å². The minimum atomic E-state index is -0.583. The maximum Gasteiger partial charge on any atom is 0.236 e. The zero-order chi connectivity index (χ0) is 22.7. The number of nitrogens with one attached hydrogen (secondary N) is 1. The summed E-state index contributed by atoms with van der Waals surface area (Å²) in [5, 5.41) is 13.4. The summed E-state index contributed by atoms with van der Waals surface area (Å²) in [6.07, 6.45) is 0. The zero-order valence-electron chi connectivity index (χ0n) is 17.0. The third kappa shape index (κ3) is 4.78. The second-order valence-corrected chi connectivity index (χ2v) is 8.39. The van der Waals surface area contributed by atoms with E-state index in [1.165, 1.54) is 11.8 Å². The van der Waals surface area contributed by atoms with Crippen LogP contribution in [0.4, 0.5) is 13.9 Å². The first-order valence-corrected chi connectivity index (χ1v) is 11.2. The van der Waals surface area contributed by atoms with Gasteiger partial charge in [0.1, 0.15) is 17.4 Å². The van der Waals surface area contributed by atoms with E-state index < -0.39 is 11.6 Å². The van der Waals surface area contributed by atoms with Crippen molar-refractivity contribution in [3.05, 3.63) is 59.5 Å². The molecule has 164 valence electrons. The highest BCUT2D eigenvalue weighted by Crippen LogP contribution is 2.28. The van der Waals surface area contributed by atoms with Gasteiger partial charge in [-0.2, -0.15) is 0 Å². The van der Waals surface area contributed by atoms with E-state index in [9.17, 15) is 13.6 Å². The minimum absolute atomic E-state index is 0.0428. The molecule has 11 heteroatoms. The average Bonchev–Trinajstić information content (AvgIpc) is 3.40. The highest BCUT2D eigenvalue weighted by molar-refractivity contribution is 7.99. The monoisotopic (exact) mass is 473 g/mol. The van der Waals surface area contributed by atoms with Crippen molar-refractivity contribution in [2.45, 2.75) is 5.16 Å². The molecule has 0 bridgehead atoms. The summed E-state index contributed by atoms with van der Waals surface area (Å²) < 4.78 is 34.3. The summed E-state index contributed by atoms with van der Waals surface area (Å²) in [5.41, 5.74) is 1.17. The van der Waals surface area contributed by atoms with Gasteiger partial charge < -0.3 is 14.6 Å². The molecule has 32 heavy (non-hydrogen) atoms. The molecule has 0 fully saturated rings. The van der Waals surface area contributed by atoms with E-state index in [2.05, 4.69) is 20.5 Å². The van der Waals surface area contributed by atoms with Gasteiger partial charge in [0, 0.05) is 23.6 Å². The van der Waals surface area contributed by atoms with Crippen LogP contribution in [-0.2, 0) is 11.8 Å². The number of ether oxygens (including phenoxy) is 1. The van der Waals surface area contributed by atoms with E-state index in [0.717, 1.165) is 40.8 Å². The lowest BCUT2D eigenvalue weighted by molar-refractivity contribution is -0.113. The second-order valence-electron chi connectivity index (χ2n) is 6.59. The molecular formula is C21H17F2N5O2S2. The molecule has 7 nitrogen and oxygen atoms in total. The van der Waals surface area contributed by atoms with Crippen molar-refractivity contribution >= 4 is 34.1 Å². The fourth-order valence-electron chi connectivity index (χ4n) is 2.87. The van der Waals surface area contributed by atoms with Gasteiger partial charge in [0.2, 0.25) is 5.91 Å². The number of methoxy groups -OCH3 is 1. The Kier molecular flexibility index (Phi) is 6.47. The van der Waals surface area contributed by atoms with Crippen LogP contribution in [-0.4, -0.2) is 38.5 Å². The van der Waals surface area contributed by atoms with Gasteiger partial charge in [-0.25, -0.2) is 13.8 Å². The van der Waals surface area contributed by atoms with Crippen molar-refractivity contribution in [1.82, 2.24) is 19.7 Å². The fraction of sp³-hybridized carbons (Fsp3) is 0.143. The Labute approximate surface area is 190 Å². The van der Waals surface area contributed by atoms with Crippen molar-refractivity contribution in [2.24, 2.45) is 7.05 Å². The quantitative estimate of drug-likeness (QED) is 0.395. The van der Waals surface area contributed by atoms with Crippen LogP contribution in [0.5, 0.6) is 5.75 Å². The number of carbonyl (C=O) groups excluding carboxylic acids is 1. The predicted molar refractivity (Wildman–Crippen MR) is 120 cm³/mol. The number of rotatable bonds is 7. The average molecular weight is 474 g/mol. The number of thioether (sulfide) groups is 1. The van der Waals surface area contributed by atoms with Crippen LogP contribution in [0.1, 0.15) is 0 Å². The number of halogens is 2. The molecule has 0 saturated heterocycles. The maximum atomic E-state index is 13.9. The van der Waals surface area contributed by atoms with Crippen LogP contribution < -0.4 is 10.1 Å². The molecule has 4 aromatic rings. The fourth-order valence-corrected chi connectivity index (χ4v) is 4.30. The Bertz CT molecular complexity index is 1260. The number of thiazole rings is 1. The SMILES string of the molecule is COc1ccc(-c2nnc(SCC(=O)Nc3nc(-c4cc(F)ccc4F)cs3)n2C)cc1. The number of aromatic nitrogens is 4. The van der Waals surface area contributed by atoms with Gasteiger partial charge in [-0.15, -0.1) is 21.5 Å². The largest absolute Gasteiger partial charge is 0.497 e. The molecule has 1 N–H and O–H groups in total. The van der Waals surface area contributed by atoms with Crippen LogP contribution >= 0.6 is 23.1 Å². The Morgan fingerprint density at radius 3 is 2.72 bits per heavy atom. The van der Waals surface area contributed by atoms with E-state index in [1.54, 1.807) is 17.1 Å². The van der Waals surface area contributed by atoms with Gasteiger partial charge in [0.25, 0.3) is 0 Å². The molecule has 0 aliphatic rings. The molecule has 0 aliphatic heterocycles. The van der Waals surface area contributed by atoms with Crippen molar-refractivity contribution in [3.8, 4) is 28.4 Å². The molecular weight excluding hydrogens is 456 g/mol. The Balaban J connectivity index is 1.38. The molecule has 2 aromatic carbocycles. The molecule has 2 aromatic heterocycles. The van der Waals surface area contributed by atoms with Crippen LogP contribution in [0.15, 0.2) is 53.0 Å². The molecule has 0 aliphatic carbocycles. The topological polar surface area (TPSA) is 81.9 Å². The maximum absolute atomic E-state index is 13.9. The van der Waals surface area contributed by atoms with Gasteiger partial charge >= 0.3 is 0 Å². The number of hydrogen-bond acceptors (Lipinski definition) is 7. The second kappa shape index (κ2) is 9.45. The molecule has 0 saturated carbocycles. The van der Waals surface area contributed by atoms with Crippen molar-refractivity contribution in [1.29, 1.82) is 0 Å². The first kappa shape index (κ1) is 21.9. The lowest BCUT2D eigenvalue weighted by Crippen LogP contribution is -2.14. The first-order chi connectivity index (χ1) is 15.4. The van der Waals surface area contributed by atoms with Crippen molar-refractivity contribution < 1.29 is 18.3 Å².